The van der Waals surface area contributed by atoms with Crippen LogP contribution in [0.25, 0.3) is 0 Å². The molecule has 0 radical (unpaired) electrons. The molecule has 0 aromatic heterocycles. The van der Waals surface area contributed by atoms with Gasteiger partial charge in [-0.05, 0) is 18.2 Å². The van der Waals surface area contributed by atoms with Gasteiger partial charge < -0.3 is 4.74 Å². The first kappa shape index (κ1) is 10.8. The lowest BCUT2D eigenvalue weighted by atomic mass is 10.1. The maximum atomic E-state index is 13.1. The third-order valence-electron chi connectivity index (χ3n) is 1.54. The van der Waals surface area contributed by atoms with Gasteiger partial charge in [-0.25, -0.2) is 9.18 Å². The zero-order chi connectivity index (χ0) is 10.7. The van der Waals surface area contributed by atoms with Crippen LogP contribution in [0.15, 0.2) is 22.7 Å². The molecule has 0 aliphatic carbocycles. The van der Waals surface area contributed by atoms with Gasteiger partial charge in [-0.15, -0.1) is 0 Å². The van der Waals surface area contributed by atoms with Crippen molar-refractivity contribution in [1.29, 1.82) is 0 Å². The fourth-order valence-corrected chi connectivity index (χ4v) is 1.24. The van der Waals surface area contributed by atoms with Crippen LogP contribution >= 0.6 is 15.9 Å². The van der Waals surface area contributed by atoms with Gasteiger partial charge in [0.25, 0.3) is 5.78 Å². The minimum Gasteiger partial charge on any atom is -0.463 e. The second kappa shape index (κ2) is 4.32. The fraction of sp³-hybridized carbons (Fsp3) is 0.111. The van der Waals surface area contributed by atoms with Gasteiger partial charge in [0.15, 0.2) is 0 Å². The van der Waals surface area contributed by atoms with E-state index >= 15 is 0 Å². The quantitative estimate of drug-likeness (QED) is 0.464. The normalized spacial score (nSPS) is 9.64. The Hall–Kier alpha value is -1.23. The molecule has 0 atom stereocenters. The number of ether oxygens (including phenoxy) is 1. The van der Waals surface area contributed by atoms with Crippen molar-refractivity contribution in [2.45, 2.75) is 0 Å². The van der Waals surface area contributed by atoms with Gasteiger partial charge in [-0.3, -0.25) is 4.79 Å². The highest BCUT2D eigenvalue weighted by molar-refractivity contribution is 9.10. The molecule has 0 heterocycles. The maximum Gasteiger partial charge on any atom is 0.379 e. The molecule has 0 aliphatic heterocycles. The number of carbonyl (C=O) groups is 2. The largest absolute Gasteiger partial charge is 0.463 e. The molecule has 0 spiro atoms. The lowest BCUT2D eigenvalue weighted by molar-refractivity contribution is -0.135. The molecule has 0 unspecified atom stereocenters. The summed E-state index contributed by atoms with van der Waals surface area (Å²) in [4.78, 5) is 22.0. The van der Waals surface area contributed by atoms with E-state index in [9.17, 15) is 14.0 Å². The van der Waals surface area contributed by atoms with Crippen LogP contribution in [-0.2, 0) is 9.53 Å². The minimum atomic E-state index is -1.08. The molecule has 0 fully saturated rings. The Morgan fingerprint density at radius 3 is 2.64 bits per heavy atom. The number of Topliss-reactive ketones (excluding diaryl/α,β-unsaturated/α-hetero) is 1. The third-order valence-corrected chi connectivity index (χ3v) is 2.04. The van der Waals surface area contributed by atoms with E-state index in [4.69, 9.17) is 0 Å². The van der Waals surface area contributed by atoms with Crippen molar-refractivity contribution in [2.75, 3.05) is 7.11 Å². The lowest BCUT2D eigenvalue weighted by Gasteiger charge is -2.00. The van der Waals surface area contributed by atoms with Crippen molar-refractivity contribution in [1.82, 2.24) is 0 Å². The van der Waals surface area contributed by atoms with Crippen molar-refractivity contribution >= 4 is 27.7 Å². The molecule has 0 saturated heterocycles. The molecule has 0 bridgehead atoms. The van der Waals surface area contributed by atoms with E-state index < -0.39 is 17.6 Å². The Balaban J connectivity index is 3.12. The van der Waals surface area contributed by atoms with Gasteiger partial charge in [0.2, 0.25) is 0 Å². The molecule has 14 heavy (non-hydrogen) atoms. The highest BCUT2D eigenvalue weighted by Gasteiger charge is 2.20. The Kier molecular flexibility index (Phi) is 3.35. The number of carbonyl (C=O) groups excluding carboxylic acids is 2. The standard InChI is InChI=1S/C9H6BrFO3/c1-14-9(13)8(12)6-4-5(10)2-3-7(6)11/h2-4H,1H3. The number of rotatable bonds is 2. The van der Waals surface area contributed by atoms with E-state index in [1.54, 1.807) is 0 Å². The molecule has 0 aliphatic rings. The van der Waals surface area contributed by atoms with Gasteiger partial charge in [-0.2, -0.15) is 0 Å². The van der Waals surface area contributed by atoms with Crippen molar-refractivity contribution in [3.05, 3.63) is 34.1 Å². The minimum absolute atomic E-state index is 0.300. The molecule has 1 aromatic carbocycles. The SMILES string of the molecule is COC(=O)C(=O)c1cc(Br)ccc1F. The topological polar surface area (TPSA) is 43.4 Å². The monoisotopic (exact) mass is 260 g/mol. The Morgan fingerprint density at radius 2 is 2.07 bits per heavy atom. The predicted octanol–water partition coefficient (Wildman–Crippen LogP) is 1.94. The second-order valence-corrected chi connectivity index (χ2v) is 3.36. The van der Waals surface area contributed by atoms with E-state index in [0.717, 1.165) is 13.2 Å². The van der Waals surface area contributed by atoms with E-state index in [0.29, 0.717) is 4.47 Å². The Bertz CT molecular complexity index is 390. The van der Waals surface area contributed by atoms with Crippen LogP contribution in [0.2, 0.25) is 0 Å². The van der Waals surface area contributed by atoms with Crippen LogP contribution in [0.4, 0.5) is 4.39 Å². The van der Waals surface area contributed by atoms with Gasteiger partial charge in [0, 0.05) is 4.47 Å². The summed E-state index contributed by atoms with van der Waals surface area (Å²) in [7, 11) is 1.07. The van der Waals surface area contributed by atoms with E-state index in [-0.39, 0.29) is 5.56 Å². The number of benzene rings is 1. The molecular weight excluding hydrogens is 255 g/mol. The zero-order valence-corrected chi connectivity index (χ0v) is 8.80. The number of esters is 1. The molecule has 1 aromatic rings. The molecule has 0 amide bonds. The number of methoxy groups -OCH3 is 1. The van der Waals surface area contributed by atoms with Gasteiger partial charge in [-0.1, -0.05) is 15.9 Å². The van der Waals surface area contributed by atoms with Gasteiger partial charge in [0.1, 0.15) is 5.82 Å². The van der Waals surface area contributed by atoms with Crippen LogP contribution < -0.4 is 0 Å². The maximum absolute atomic E-state index is 13.1. The molecule has 0 N–H and O–H groups in total. The summed E-state index contributed by atoms with van der Waals surface area (Å²) in [5.41, 5.74) is -0.300. The molecule has 74 valence electrons. The number of hydrogen-bond donors (Lipinski definition) is 0. The van der Waals surface area contributed by atoms with Crippen molar-refractivity contribution in [3.63, 3.8) is 0 Å². The van der Waals surface area contributed by atoms with Gasteiger partial charge in [0.05, 0.1) is 12.7 Å². The number of hydrogen-bond acceptors (Lipinski definition) is 3. The zero-order valence-electron chi connectivity index (χ0n) is 7.21. The first-order valence-corrected chi connectivity index (χ1v) is 4.43. The van der Waals surface area contributed by atoms with Gasteiger partial charge >= 0.3 is 5.97 Å². The summed E-state index contributed by atoms with van der Waals surface area (Å²) in [5, 5.41) is 0. The summed E-state index contributed by atoms with van der Waals surface area (Å²) in [6.07, 6.45) is 0. The third kappa shape index (κ3) is 2.17. The van der Waals surface area contributed by atoms with Crippen LogP contribution in [0.5, 0.6) is 0 Å². The molecular formula is C9H6BrFO3. The van der Waals surface area contributed by atoms with E-state index in [1.807, 2.05) is 0 Å². The highest BCUT2D eigenvalue weighted by atomic mass is 79.9. The first-order chi connectivity index (χ1) is 6.56. The van der Waals surface area contributed by atoms with Crippen LogP contribution in [0.1, 0.15) is 10.4 Å². The molecule has 5 heteroatoms. The molecule has 3 nitrogen and oxygen atoms in total. The predicted molar refractivity (Wildman–Crippen MR) is 50.4 cm³/mol. The smallest absolute Gasteiger partial charge is 0.379 e. The van der Waals surface area contributed by atoms with Crippen molar-refractivity contribution in [2.24, 2.45) is 0 Å². The van der Waals surface area contributed by atoms with Crippen molar-refractivity contribution in [3.8, 4) is 0 Å². The fourth-order valence-electron chi connectivity index (χ4n) is 0.874. The lowest BCUT2D eigenvalue weighted by Crippen LogP contribution is -2.17. The molecule has 0 saturated carbocycles. The summed E-state index contributed by atoms with van der Waals surface area (Å²) < 4.78 is 17.8. The summed E-state index contributed by atoms with van der Waals surface area (Å²) in [6.45, 7) is 0. The Labute approximate surface area is 88.0 Å². The average molecular weight is 261 g/mol. The number of halogens is 2. The number of ketones is 1. The molecule has 1 rings (SSSR count). The second-order valence-electron chi connectivity index (χ2n) is 2.44. The Morgan fingerprint density at radius 1 is 1.43 bits per heavy atom. The highest BCUT2D eigenvalue weighted by Crippen LogP contribution is 2.16. The van der Waals surface area contributed by atoms with Crippen molar-refractivity contribution < 1.29 is 18.7 Å². The van der Waals surface area contributed by atoms with Crippen LogP contribution in [-0.4, -0.2) is 18.9 Å². The van der Waals surface area contributed by atoms with Crippen LogP contribution in [0, 0.1) is 5.82 Å². The average Bonchev–Trinajstić information content (AvgIpc) is 2.19. The summed E-state index contributed by atoms with van der Waals surface area (Å²) >= 11 is 3.06. The first-order valence-electron chi connectivity index (χ1n) is 3.64. The summed E-state index contributed by atoms with van der Waals surface area (Å²) in [6, 6.07) is 3.76. The van der Waals surface area contributed by atoms with E-state index in [2.05, 4.69) is 20.7 Å². The summed E-state index contributed by atoms with van der Waals surface area (Å²) in [5.74, 6) is -2.82. The van der Waals surface area contributed by atoms with Crippen LogP contribution in [0.3, 0.4) is 0 Å². The van der Waals surface area contributed by atoms with E-state index in [1.165, 1.54) is 12.1 Å².